The molecule has 19 heavy (non-hydrogen) atoms. The first-order chi connectivity index (χ1) is 8.53. The maximum Gasteiger partial charge on any atom is 0.124 e. The van der Waals surface area contributed by atoms with Crippen LogP contribution in [-0.2, 0) is 11.8 Å². The van der Waals surface area contributed by atoms with E-state index in [0.29, 0.717) is 11.7 Å². The molecule has 0 radical (unpaired) electrons. The summed E-state index contributed by atoms with van der Waals surface area (Å²) in [5.74, 6) is 1.72. The van der Waals surface area contributed by atoms with Crippen molar-refractivity contribution >= 4 is 0 Å². The van der Waals surface area contributed by atoms with Crippen molar-refractivity contribution < 1.29 is 9.84 Å². The molecule has 0 aliphatic carbocycles. The van der Waals surface area contributed by atoms with Crippen LogP contribution >= 0.6 is 0 Å². The third-order valence-electron chi connectivity index (χ3n) is 3.78. The van der Waals surface area contributed by atoms with Gasteiger partial charge in [0.1, 0.15) is 17.1 Å². The van der Waals surface area contributed by atoms with Gasteiger partial charge in [0.15, 0.2) is 0 Å². The first kappa shape index (κ1) is 14.2. The second-order valence-corrected chi connectivity index (χ2v) is 7.61. The van der Waals surface area contributed by atoms with E-state index in [9.17, 15) is 5.11 Å². The van der Waals surface area contributed by atoms with Gasteiger partial charge in [0.2, 0.25) is 0 Å². The number of ether oxygens (including phenoxy) is 1. The Morgan fingerprint density at radius 3 is 2.32 bits per heavy atom. The lowest BCUT2D eigenvalue weighted by Crippen LogP contribution is -2.24. The molecule has 1 aromatic carbocycles. The van der Waals surface area contributed by atoms with Crippen molar-refractivity contribution in [1.82, 2.24) is 0 Å². The van der Waals surface area contributed by atoms with Crippen molar-refractivity contribution in [3.8, 4) is 11.5 Å². The first-order valence-electron chi connectivity index (χ1n) is 7.11. The molecule has 2 heteroatoms. The van der Waals surface area contributed by atoms with Crippen LogP contribution in [0.3, 0.4) is 0 Å². The van der Waals surface area contributed by atoms with Crippen LogP contribution in [0.15, 0.2) is 6.07 Å². The number of aromatic hydroxyl groups is 1. The van der Waals surface area contributed by atoms with Crippen molar-refractivity contribution in [2.45, 2.75) is 71.8 Å². The van der Waals surface area contributed by atoms with Crippen molar-refractivity contribution in [3.63, 3.8) is 0 Å². The smallest absolute Gasteiger partial charge is 0.124 e. The van der Waals surface area contributed by atoms with Crippen molar-refractivity contribution in [2.75, 3.05) is 0 Å². The molecule has 0 spiro atoms. The molecular weight excluding hydrogens is 236 g/mol. The van der Waals surface area contributed by atoms with Crippen LogP contribution in [0, 0.1) is 0 Å². The Kier molecular flexibility index (Phi) is 3.11. The Labute approximate surface area is 116 Å². The standard InChI is InChI=1S/C17H26O2/c1-10(2)14-11-9-17(6,7)19-13(11)8-12(15(14)18)16(3,4)5/h8,10,18H,9H2,1-7H3. The number of rotatable bonds is 1. The van der Waals surface area contributed by atoms with Crippen molar-refractivity contribution in [3.05, 3.63) is 22.8 Å². The third-order valence-corrected chi connectivity index (χ3v) is 3.78. The van der Waals surface area contributed by atoms with Crippen LogP contribution in [0.5, 0.6) is 11.5 Å². The molecule has 2 nitrogen and oxygen atoms in total. The molecule has 1 heterocycles. The molecule has 1 N–H and O–H groups in total. The molecule has 0 fully saturated rings. The molecule has 106 valence electrons. The summed E-state index contributed by atoms with van der Waals surface area (Å²) in [6, 6.07) is 2.03. The molecular formula is C17H26O2. The second kappa shape index (κ2) is 4.16. The van der Waals surface area contributed by atoms with Gasteiger partial charge in [-0.25, -0.2) is 0 Å². The highest BCUT2D eigenvalue weighted by Crippen LogP contribution is 2.47. The summed E-state index contributed by atoms with van der Waals surface area (Å²) in [6.45, 7) is 14.8. The van der Waals surface area contributed by atoms with Crippen LogP contribution in [0.1, 0.15) is 71.1 Å². The molecule has 0 amide bonds. The van der Waals surface area contributed by atoms with Gasteiger partial charge in [-0.2, -0.15) is 0 Å². The quantitative estimate of drug-likeness (QED) is 0.806. The molecule has 0 saturated heterocycles. The van der Waals surface area contributed by atoms with Gasteiger partial charge in [-0.05, 0) is 31.2 Å². The van der Waals surface area contributed by atoms with E-state index in [-0.39, 0.29) is 11.0 Å². The Morgan fingerprint density at radius 2 is 1.84 bits per heavy atom. The van der Waals surface area contributed by atoms with Gasteiger partial charge in [-0.15, -0.1) is 0 Å². The molecule has 0 unspecified atom stereocenters. The Bertz CT molecular complexity index is 505. The van der Waals surface area contributed by atoms with E-state index >= 15 is 0 Å². The van der Waals surface area contributed by atoms with Gasteiger partial charge in [0, 0.05) is 23.1 Å². The van der Waals surface area contributed by atoms with E-state index < -0.39 is 0 Å². The number of phenolic OH excluding ortho intramolecular Hbond substituents is 1. The minimum absolute atomic E-state index is 0.0845. The summed E-state index contributed by atoms with van der Waals surface area (Å²) in [7, 11) is 0. The minimum Gasteiger partial charge on any atom is -0.507 e. The fourth-order valence-electron chi connectivity index (χ4n) is 2.93. The SMILES string of the molecule is CC(C)c1c(O)c(C(C)(C)C)cc2c1CC(C)(C)O2. The summed E-state index contributed by atoms with van der Waals surface area (Å²) < 4.78 is 6.06. The maximum atomic E-state index is 10.7. The van der Waals surface area contributed by atoms with E-state index in [2.05, 4.69) is 48.5 Å². The summed E-state index contributed by atoms with van der Waals surface area (Å²) in [4.78, 5) is 0. The van der Waals surface area contributed by atoms with Gasteiger partial charge in [0.25, 0.3) is 0 Å². The van der Waals surface area contributed by atoms with Gasteiger partial charge in [0.05, 0.1) is 0 Å². The molecule has 1 aliphatic heterocycles. The number of hydrogen-bond acceptors (Lipinski definition) is 2. The largest absolute Gasteiger partial charge is 0.507 e. The zero-order valence-corrected chi connectivity index (χ0v) is 13.2. The summed E-state index contributed by atoms with van der Waals surface area (Å²) >= 11 is 0. The fourth-order valence-corrected chi connectivity index (χ4v) is 2.93. The Balaban J connectivity index is 2.70. The van der Waals surface area contributed by atoms with Crippen LogP contribution in [0.4, 0.5) is 0 Å². The highest BCUT2D eigenvalue weighted by atomic mass is 16.5. The lowest BCUT2D eigenvalue weighted by atomic mass is 9.81. The van der Waals surface area contributed by atoms with Crippen LogP contribution in [-0.4, -0.2) is 10.7 Å². The van der Waals surface area contributed by atoms with Crippen LogP contribution < -0.4 is 4.74 Å². The second-order valence-electron chi connectivity index (χ2n) is 7.61. The zero-order chi connectivity index (χ0) is 14.6. The summed E-state index contributed by atoms with van der Waals surface area (Å²) in [5.41, 5.74) is 2.97. The van der Waals surface area contributed by atoms with Crippen LogP contribution in [0.2, 0.25) is 0 Å². The van der Waals surface area contributed by atoms with Crippen molar-refractivity contribution in [1.29, 1.82) is 0 Å². The Hall–Kier alpha value is -1.18. The first-order valence-corrected chi connectivity index (χ1v) is 7.11. The molecule has 1 aliphatic rings. The highest BCUT2D eigenvalue weighted by Gasteiger charge is 2.36. The van der Waals surface area contributed by atoms with E-state index in [0.717, 1.165) is 23.3 Å². The summed E-state index contributed by atoms with van der Waals surface area (Å²) in [6.07, 6.45) is 0.869. The van der Waals surface area contributed by atoms with Crippen LogP contribution in [0.25, 0.3) is 0 Å². The van der Waals surface area contributed by atoms with Gasteiger partial charge in [-0.1, -0.05) is 34.6 Å². The Morgan fingerprint density at radius 1 is 1.26 bits per heavy atom. The predicted octanol–water partition coefficient (Wildman–Crippen LogP) is 4.53. The van der Waals surface area contributed by atoms with Crippen molar-refractivity contribution in [2.24, 2.45) is 0 Å². The van der Waals surface area contributed by atoms with Gasteiger partial charge in [-0.3, -0.25) is 0 Å². The van der Waals surface area contributed by atoms with Gasteiger partial charge >= 0.3 is 0 Å². The highest BCUT2D eigenvalue weighted by molar-refractivity contribution is 5.58. The van der Waals surface area contributed by atoms with Gasteiger partial charge < -0.3 is 9.84 Å². The third kappa shape index (κ3) is 2.45. The molecule has 0 atom stereocenters. The monoisotopic (exact) mass is 262 g/mol. The topological polar surface area (TPSA) is 29.5 Å². The average Bonchev–Trinajstić information content (AvgIpc) is 2.48. The molecule has 0 aromatic heterocycles. The molecule has 0 saturated carbocycles. The minimum atomic E-state index is -0.172. The van der Waals surface area contributed by atoms with E-state index in [4.69, 9.17) is 4.74 Å². The number of fused-ring (bicyclic) bond motifs is 1. The number of benzene rings is 1. The van der Waals surface area contributed by atoms with E-state index in [1.165, 1.54) is 5.56 Å². The predicted molar refractivity (Wildman–Crippen MR) is 79.3 cm³/mol. The normalized spacial score (nSPS) is 17.5. The van der Waals surface area contributed by atoms with E-state index in [1.807, 2.05) is 6.07 Å². The van der Waals surface area contributed by atoms with E-state index in [1.54, 1.807) is 0 Å². The summed E-state index contributed by atoms with van der Waals surface area (Å²) in [5, 5.41) is 10.7. The fraction of sp³-hybridized carbons (Fsp3) is 0.647. The lowest BCUT2D eigenvalue weighted by molar-refractivity contribution is 0.138. The lowest BCUT2D eigenvalue weighted by Gasteiger charge is -2.25. The number of hydrogen-bond donors (Lipinski definition) is 1. The molecule has 1 aromatic rings. The zero-order valence-electron chi connectivity index (χ0n) is 13.2. The maximum absolute atomic E-state index is 10.7. The molecule has 0 bridgehead atoms. The molecule has 2 rings (SSSR count). The number of phenols is 1. The average molecular weight is 262 g/mol.